The minimum Gasteiger partial charge on any atom is -0.352 e. The van der Waals surface area contributed by atoms with Gasteiger partial charge in [-0.3, -0.25) is 9.59 Å². The number of H-pyrrole nitrogens is 1. The highest BCUT2D eigenvalue weighted by Gasteiger charge is 2.27. The summed E-state index contributed by atoms with van der Waals surface area (Å²) in [6.07, 6.45) is 6.52. The normalized spacial score (nSPS) is 18.7. The zero-order valence-corrected chi connectivity index (χ0v) is 14.6. The molecule has 122 valence electrons. The molecular weight excluding hydrogens is 330 g/mol. The largest absolute Gasteiger partial charge is 0.352 e. The molecule has 2 heterocycles. The van der Waals surface area contributed by atoms with E-state index < -0.39 is 0 Å². The minimum absolute atomic E-state index is 0.0192. The van der Waals surface area contributed by atoms with Gasteiger partial charge in [0.1, 0.15) is 4.83 Å². The Morgan fingerprint density at radius 2 is 2.17 bits per heavy atom. The minimum atomic E-state index is -0.259. The van der Waals surface area contributed by atoms with Crippen molar-refractivity contribution in [3.63, 3.8) is 0 Å². The van der Waals surface area contributed by atoms with Gasteiger partial charge in [0.05, 0.1) is 10.6 Å². The van der Waals surface area contributed by atoms with Crippen LogP contribution in [0, 0.1) is 0 Å². The fraction of sp³-hybridized carbons (Fsp3) is 0.562. The zero-order valence-electron chi connectivity index (χ0n) is 13.0. The highest BCUT2D eigenvalue weighted by Crippen LogP contribution is 2.34. The number of aromatic nitrogens is 2. The van der Waals surface area contributed by atoms with E-state index in [9.17, 15) is 9.59 Å². The van der Waals surface area contributed by atoms with Gasteiger partial charge in [-0.2, -0.15) is 0 Å². The number of hydrogen-bond donors (Lipinski definition) is 2. The first kappa shape index (κ1) is 15.2. The van der Waals surface area contributed by atoms with Gasteiger partial charge in [0.2, 0.25) is 5.91 Å². The quantitative estimate of drug-likeness (QED) is 0.657. The maximum absolute atomic E-state index is 12.5. The summed E-state index contributed by atoms with van der Waals surface area (Å²) in [7, 11) is 0. The smallest absolute Gasteiger partial charge is 0.260 e. The molecule has 1 saturated carbocycles. The molecule has 0 aromatic carbocycles. The van der Waals surface area contributed by atoms with Gasteiger partial charge in [0.15, 0.2) is 5.16 Å². The van der Waals surface area contributed by atoms with Crippen LogP contribution in [0.5, 0.6) is 0 Å². The van der Waals surface area contributed by atoms with Gasteiger partial charge in [-0.15, -0.1) is 11.3 Å². The van der Waals surface area contributed by atoms with Crippen molar-refractivity contribution >= 4 is 39.2 Å². The summed E-state index contributed by atoms with van der Waals surface area (Å²) in [5.41, 5.74) is 1.13. The van der Waals surface area contributed by atoms with Crippen LogP contribution >= 0.6 is 23.1 Å². The third-order valence-electron chi connectivity index (χ3n) is 4.38. The van der Waals surface area contributed by atoms with Crippen LogP contribution in [0.25, 0.3) is 10.2 Å². The topological polar surface area (TPSA) is 74.8 Å². The molecule has 0 aliphatic heterocycles. The molecule has 2 aromatic heterocycles. The molecule has 5 nitrogen and oxygen atoms in total. The number of rotatable bonds is 4. The number of aromatic amines is 1. The molecule has 0 saturated heterocycles. The molecule has 1 fully saturated rings. The molecule has 2 aliphatic rings. The van der Waals surface area contributed by atoms with Gasteiger partial charge in [0.25, 0.3) is 5.56 Å². The van der Waals surface area contributed by atoms with Gasteiger partial charge < -0.3 is 10.3 Å². The first-order valence-corrected chi connectivity index (χ1v) is 9.83. The lowest BCUT2D eigenvalue weighted by atomic mass is 9.97. The molecule has 4 rings (SSSR count). The molecule has 1 amide bonds. The number of carbonyl (C=O) groups is 1. The maximum atomic E-state index is 12.5. The second kappa shape index (κ2) is 5.94. The fourth-order valence-electron chi connectivity index (χ4n) is 2.97. The van der Waals surface area contributed by atoms with E-state index in [2.05, 4.69) is 15.3 Å². The van der Waals surface area contributed by atoms with Crippen molar-refractivity contribution in [1.82, 2.24) is 15.3 Å². The van der Waals surface area contributed by atoms with Crippen LogP contribution in [0.2, 0.25) is 0 Å². The lowest BCUT2D eigenvalue weighted by Crippen LogP contribution is -2.32. The van der Waals surface area contributed by atoms with Gasteiger partial charge >= 0.3 is 0 Å². The highest BCUT2D eigenvalue weighted by atomic mass is 32.2. The Labute approximate surface area is 142 Å². The number of thiophene rings is 1. The third kappa shape index (κ3) is 3.04. The molecule has 0 spiro atoms. The molecule has 0 radical (unpaired) electrons. The predicted octanol–water partition coefficient (Wildman–Crippen LogP) is 2.62. The summed E-state index contributed by atoms with van der Waals surface area (Å²) >= 11 is 2.96. The van der Waals surface area contributed by atoms with Crippen LogP contribution in [-0.4, -0.2) is 27.2 Å². The van der Waals surface area contributed by atoms with Crippen molar-refractivity contribution in [1.29, 1.82) is 0 Å². The van der Waals surface area contributed by atoms with Crippen molar-refractivity contribution in [2.24, 2.45) is 0 Å². The number of thioether (sulfide) groups is 1. The van der Waals surface area contributed by atoms with Gasteiger partial charge in [-0.05, 0) is 51.0 Å². The number of nitrogens with zero attached hydrogens (tertiary/aromatic N) is 1. The summed E-state index contributed by atoms with van der Waals surface area (Å²) < 4.78 is 0. The van der Waals surface area contributed by atoms with Crippen molar-refractivity contribution in [3.05, 3.63) is 20.8 Å². The number of aryl methyl sites for hydroxylation is 2. The molecule has 7 heteroatoms. The van der Waals surface area contributed by atoms with Crippen LogP contribution in [-0.2, 0) is 17.6 Å². The highest BCUT2D eigenvalue weighted by molar-refractivity contribution is 8.00. The van der Waals surface area contributed by atoms with Crippen LogP contribution in [0.3, 0.4) is 0 Å². The lowest BCUT2D eigenvalue weighted by molar-refractivity contribution is -0.120. The Bertz CT molecular complexity index is 823. The average Bonchev–Trinajstić information content (AvgIpc) is 3.24. The van der Waals surface area contributed by atoms with Crippen LogP contribution in [0.15, 0.2) is 9.95 Å². The van der Waals surface area contributed by atoms with E-state index in [0.29, 0.717) is 11.2 Å². The summed E-state index contributed by atoms with van der Waals surface area (Å²) in [5, 5.41) is 4.04. The number of amides is 1. The van der Waals surface area contributed by atoms with Crippen molar-refractivity contribution in [2.45, 2.75) is 61.9 Å². The van der Waals surface area contributed by atoms with E-state index in [1.165, 1.54) is 28.6 Å². The molecule has 0 bridgehead atoms. The summed E-state index contributed by atoms with van der Waals surface area (Å²) in [6, 6.07) is 0.351. The second-order valence-electron chi connectivity index (χ2n) is 6.31. The Kier molecular flexibility index (Phi) is 3.93. The van der Waals surface area contributed by atoms with Crippen molar-refractivity contribution in [2.75, 3.05) is 0 Å². The Morgan fingerprint density at radius 3 is 2.96 bits per heavy atom. The van der Waals surface area contributed by atoms with Crippen LogP contribution < -0.4 is 10.9 Å². The van der Waals surface area contributed by atoms with E-state index in [4.69, 9.17) is 0 Å². The van der Waals surface area contributed by atoms with Crippen molar-refractivity contribution in [3.8, 4) is 0 Å². The Hall–Kier alpha value is -1.34. The van der Waals surface area contributed by atoms with Gasteiger partial charge in [0, 0.05) is 10.9 Å². The second-order valence-corrected chi connectivity index (χ2v) is 8.72. The Morgan fingerprint density at radius 1 is 1.39 bits per heavy atom. The molecule has 2 N–H and O–H groups in total. The first-order chi connectivity index (χ1) is 11.1. The van der Waals surface area contributed by atoms with Crippen LogP contribution in [0.1, 0.15) is 43.0 Å². The van der Waals surface area contributed by atoms with E-state index >= 15 is 0 Å². The number of carbonyl (C=O) groups excluding carboxylic acids is 1. The first-order valence-electron chi connectivity index (χ1n) is 8.13. The monoisotopic (exact) mass is 349 g/mol. The number of nitrogens with one attached hydrogen (secondary N) is 2. The van der Waals surface area contributed by atoms with Crippen molar-refractivity contribution < 1.29 is 4.79 Å². The number of hydrogen-bond acceptors (Lipinski definition) is 5. The third-order valence-corrected chi connectivity index (χ3v) is 6.55. The Balaban J connectivity index is 1.60. The van der Waals surface area contributed by atoms with Crippen LogP contribution in [0.4, 0.5) is 0 Å². The fourth-order valence-corrected chi connectivity index (χ4v) is 5.09. The van der Waals surface area contributed by atoms with Gasteiger partial charge in [-0.25, -0.2) is 4.98 Å². The SMILES string of the molecule is C[C@@H](Sc1nc2sc3c(c2c(=O)[nH]1)CCCC3)C(=O)NC1CC1. The zero-order chi connectivity index (χ0) is 16.0. The van der Waals surface area contributed by atoms with E-state index in [-0.39, 0.29) is 16.7 Å². The maximum Gasteiger partial charge on any atom is 0.260 e. The molecule has 0 unspecified atom stereocenters. The average molecular weight is 349 g/mol. The summed E-state index contributed by atoms with van der Waals surface area (Å²) in [4.78, 5) is 34.1. The molecule has 1 atom stereocenters. The molecule has 2 aliphatic carbocycles. The van der Waals surface area contributed by atoms with E-state index in [0.717, 1.165) is 42.3 Å². The molecule has 23 heavy (non-hydrogen) atoms. The number of fused-ring (bicyclic) bond motifs is 3. The van der Waals surface area contributed by atoms with E-state index in [1.807, 2.05) is 6.92 Å². The van der Waals surface area contributed by atoms with Gasteiger partial charge in [-0.1, -0.05) is 11.8 Å². The standard InChI is InChI=1S/C16H19N3O2S2/c1-8(13(20)17-9-6-7-9)22-16-18-14(21)12-10-4-2-3-5-11(10)23-15(12)19-16/h8-9H,2-7H2,1H3,(H,17,20)(H,18,19,21)/t8-/m1/s1. The lowest BCUT2D eigenvalue weighted by Gasteiger charge is -2.11. The summed E-state index contributed by atoms with van der Waals surface area (Å²) in [5.74, 6) is 0.0192. The molecular formula is C16H19N3O2S2. The molecule has 2 aromatic rings. The predicted molar refractivity (Wildman–Crippen MR) is 93.4 cm³/mol. The summed E-state index contributed by atoms with van der Waals surface area (Å²) in [6.45, 7) is 1.85. The van der Waals surface area contributed by atoms with E-state index in [1.54, 1.807) is 11.3 Å².